The van der Waals surface area contributed by atoms with E-state index in [1.165, 1.54) is 0 Å². The number of pyridine rings is 1. The number of hydrogen-bond acceptors (Lipinski definition) is 3. The molecular weight excluding hydrogens is 318 g/mol. The highest BCUT2D eigenvalue weighted by Gasteiger charge is 2.42. The van der Waals surface area contributed by atoms with Crippen LogP contribution in [-0.4, -0.2) is 40.1 Å². The van der Waals surface area contributed by atoms with Gasteiger partial charge in [-0.1, -0.05) is 24.3 Å². The fourth-order valence-corrected chi connectivity index (χ4v) is 2.97. The van der Waals surface area contributed by atoms with Crippen LogP contribution in [0, 0.1) is 5.41 Å². The predicted molar refractivity (Wildman–Crippen MR) is 93.8 cm³/mol. The second kappa shape index (κ2) is 6.93. The number of amides is 2. The largest absolute Gasteiger partial charge is 0.481 e. The monoisotopic (exact) mass is 339 g/mol. The maximum atomic E-state index is 12.3. The van der Waals surface area contributed by atoms with Gasteiger partial charge in [-0.2, -0.15) is 0 Å². The number of urea groups is 1. The molecule has 130 valence electrons. The van der Waals surface area contributed by atoms with Gasteiger partial charge in [0.25, 0.3) is 0 Å². The first-order chi connectivity index (χ1) is 12.0. The summed E-state index contributed by atoms with van der Waals surface area (Å²) in [5.74, 6) is -0.856. The lowest BCUT2D eigenvalue weighted by Crippen LogP contribution is -2.40. The van der Waals surface area contributed by atoms with Crippen molar-refractivity contribution in [3.8, 4) is 11.3 Å². The molecule has 3 rings (SSSR count). The van der Waals surface area contributed by atoms with Crippen LogP contribution < -0.4 is 5.32 Å². The van der Waals surface area contributed by atoms with Crippen LogP contribution in [0.1, 0.15) is 18.9 Å². The number of aliphatic carboxylic acids is 1. The van der Waals surface area contributed by atoms with Crippen molar-refractivity contribution >= 4 is 12.0 Å². The number of carbonyl (C=O) groups excluding carboxylic acids is 1. The van der Waals surface area contributed by atoms with E-state index < -0.39 is 11.4 Å². The minimum atomic E-state index is -0.856. The second-order valence-electron chi connectivity index (χ2n) is 6.61. The molecule has 0 radical (unpaired) electrons. The maximum absolute atomic E-state index is 12.3. The van der Waals surface area contributed by atoms with Crippen molar-refractivity contribution in [2.45, 2.75) is 19.9 Å². The van der Waals surface area contributed by atoms with Crippen LogP contribution in [0.4, 0.5) is 4.79 Å². The van der Waals surface area contributed by atoms with Crippen LogP contribution in [0.5, 0.6) is 0 Å². The molecule has 2 N–H and O–H groups in total. The number of aromatic nitrogens is 1. The summed E-state index contributed by atoms with van der Waals surface area (Å²) in [5.41, 5.74) is 1.99. The number of carboxylic acids is 1. The van der Waals surface area contributed by atoms with E-state index in [4.69, 9.17) is 0 Å². The van der Waals surface area contributed by atoms with Crippen LogP contribution in [0.25, 0.3) is 11.3 Å². The Morgan fingerprint density at radius 1 is 1.28 bits per heavy atom. The molecule has 1 atom stereocenters. The molecule has 2 amide bonds. The smallest absolute Gasteiger partial charge is 0.317 e. The van der Waals surface area contributed by atoms with Crippen molar-refractivity contribution in [1.82, 2.24) is 15.2 Å². The van der Waals surface area contributed by atoms with Crippen LogP contribution in [-0.2, 0) is 11.3 Å². The molecule has 1 unspecified atom stereocenters. The predicted octanol–water partition coefficient (Wildman–Crippen LogP) is 2.75. The molecule has 1 aromatic carbocycles. The van der Waals surface area contributed by atoms with Gasteiger partial charge in [0, 0.05) is 31.4 Å². The lowest BCUT2D eigenvalue weighted by molar-refractivity contribution is -0.147. The van der Waals surface area contributed by atoms with E-state index in [0.717, 1.165) is 16.8 Å². The Kier molecular flexibility index (Phi) is 4.70. The summed E-state index contributed by atoms with van der Waals surface area (Å²) in [7, 11) is 0. The van der Waals surface area contributed by atoms with Crippen LogP contribution in [0.3, 0.4) is 0 Å². The Labute approximate surface area is 146 Å². The van der Waals surface area contributed by atoms with Crippen LogP contribution in [0.15, 0.2) is 48.7 Å². The van der Waals surface area contributed by atoms with Crippen molar-refractivity contribution in [3.05, 3.63) is 54.2 Å². The molecule has 0 spiro atoms. The summed E-state index contributed by atoms with van der Waals surface area (Å²) >= 11 is 0. The van der Waals surface area contributed by atoms with E-state index in [1.54, 1.807) is 18.0 Å². The van der Waals surface area contributed by atoms with E-state index in [9.17, 15) is 14.7 Å². The average Bonchev–Trinajstić information content (AvgIpc) is 3.05. The topological polar surface area (TPSA) is 82.5 Å². The van der Waals surface area contributed by atoms with E-state index in [0.29, 0.717) is 19.5 Å². The minimum Gasteiger partial charge on any atom is -0.481 e. The Bertz CT molecular complexity index is 778. The van der Waals surface area contributed by atoms with E-state index in [1.807, 2.05) is 42.5 Å². The van der Waals surface area contributed by atoms with Gasteiger partial charge in [0.2, 0.25) is 0 Å². The molecule has 25 heavy (non-hydrogen) atoms. The molecule has 0 saturated carbocycles. The number of hydrogen-bond donors (Lipinski definition) is 2. The first kappa shape index (κ1) is 17.0. The highest BCUT2D eigenvalue weighted by molar-refractivity contribution is 5.79. The number of carboxylic acid groups (broad SMARTS) is 1. The molecule has 2 heterocycles. The number of benzene rings is 1. The molecule has 1 fully saturated rings. The third kappa shape index (κ3) is 3.79. The summed E-state index contributed by atoms with van der Waals surface area (Å²) in [6.45, 7) is 2.77. The van der Waals surface area contributed by atoms with Crippen molar-refractivity contribution in [1.29, 1.82) is 0 Å². The van der Waals surface area contributed by atoms with Crippen molar-refractivity contribution < 1.29 is 14.7 Å². The summed E-state index contributed by atoms with van der Waals surface area (Å²) in [5, 5.41) is 12.1. The molecule has 2 aromatic rings. The number of nitrogens with one attached hydrogen (secondary N) is 1. The standard InChI is InChI=1S/C19H21N3O3/c1-19(17(23)24)8-10-22(13-19)18(25)21-12-14-5-4-6-15(11-14)16-7-2-3-9-20-16/h2-7,9,11H,8,10,12-13H2,1H3,(H,21,25)(H,23,24). The zero-order chi connectivity index (χ0) is 17.9. The van der Waals surface area contributed by atoms with Gasteiger partial charge in [-0.3, -0.25) is 9.78 Å². The number of nitrogens with zero attached hydrogens (tertiary/aromatic N) is 2. The average molecular weight is 339 g/mol. The fourth-order valence-electron chi connectivity index (χ4n) is 2.97. The maximum Gasteiger partial charge on any atom is 0.317 e. The summed E-state index contributed by atoms with van der Waals surface area (Å²) < 4.78 is 0. The summed E-state index contributed by atoms with van der Waals surface area (Å²) in [6.07, 6.45) is 2.22. The normalized spacial score (nSPS) is 19.6. The van der Waals surface area contributed by atoms with Gasteiger partial charge in [-0.05, 0) is 37.1 Å². The Morgan fingerprint density at radius 3 is 2.80 bits per heavy atom. The van der Waals surface area contributed by atoms with Gasteiger partial charge in [0.1, 0.15) is 0 Å². The molecule has 1 saturated heterocycles. The molecule has 6 heteroatoms. The van der Waals surface area contributed by atoms with Crippen molar-refractivity contribution in [2.75, 3.05) is 13.1 Å². The van der Waals surface area contributed by atoms with Gasteiger partial charge < -0.3 is 15.3 Å². The Balaban J connectivity index is 1.61. The molecular formula is C19H21N3O3. The molecule has 0 aliphatic carbocycles. The molecule has 0 bridgehead atoms. The summed E-state index contributed by atoms with van der Waals surface area (Å²) in [4.78, 5) is 29.5. The first-order valence-corrected chi connectivity index (χ1v) is 8.24. The summed E-state index contributed by atoms with van der Waals surface area (Å²) in [6, 6.07) is 13.4. The van der Waals surface area contributed by atoms with Gasteiger partial charge in [0.05, 0.1) is 11.1 Å². The number of carbonyl (C=O) groups is 2. The highest BCUT2D eigenvalue weighted by Crippen LogP contribution is 2.30. The SMILES string of the molecule is CC1(C(=O)O)CCN(C(=O)NCc2cccc(-c3ccccn3)c2)C1. The molecule has 1 aliphatic heterocycles. The lowest BCUT2D eigenvalue weighted by Gasteiger charge is -2.20. The second-order valence-corrected chi connectivity index (χ2v) is 6.61. The molecule has 6 nitrogen and oxygen atoms in total. The Hall–Kier alpha value is -2.89. The van der Waals surface area contributed by atoms with Crippen molar-refractivity contribution in [2.24, 2.45) is 5.41 Å². The zero-order valence-electron chi connectivity index (χ0n) is 14.1. The molecule has 1 aromatic heterocycles. The fraction of sp³-hybridized carbons (Fsp3) is 0.316. The third-order valence-electron chi connectivity index (χ3n) is 4.61. The Morgan fingerprint density at radius 2 is 2.12 bits per heavy atom. The van der Waals surface area contributed by atoms with E-state index >= 15 is 0 Å². The van der Waals surface area contributed by atoms with Gasteiger partial charge >= 0.3 is 12.0 Å². The van der Waals surface area contributed by atoms with Gasteiger partial charge in [-0.15, -0.1) is 0 Å². The van der Waals surface area contributed by atoms with Crippen LogP contribution >= 0.6 is 0 Å². The zero-order valence-corrected chi connectivity index (χ0v) is 14.1. The third-order valence-corrected chi connectivity index (χ3v) is 4.61. The van der Waals surface area contributed by atoms with Gasteiger partial charge in [0.15, 0.2) is 0 Å². The lowest BCUT2D eigenvalue weighted by atomic mass is 9.90. The minimum absolute atomic E-state index is 0.229. The highest BCUT2D eigenvalue weighted by atomic mass is 16.4. The quantitative estimate of drug-likeness (QED) is 0.897. The number of rotatable bonds is 4. The van der Waals surface area contributed by atoms with Crippen molar-refractivity contribution in [3.63, 3.8) is 0 Å². The van der Waals surface area contributed by atoms with Crippen LogP contribution in [0.2, 0.25) is 0 Å². The molecule has 1 aliphatic rings. The van der Waals surface area contributed by atoms with Gasteiger partial charge in [-0.25, -0.2) is 4.79 Å². The number of likely N-dealkylation sites (tertiary alicyclic amines) is 1. The van der Waals surface area contributed by atoms with E-state index in [2.05, 4.69) is 10.3 Å². The first-order valence-electron chi connectivity index (χ1n) is 8.24. The van der Waals surface area contributed by atoms with E-state index in [-0.39, 0.29) is 12.6 Å².